The largest absolute Gasteiger partial charge is 0.494 e. The quantitative estimate of drug-likeness (QED) is 0.595. The fraction of sp³-hybridized carbons (Fsp3) is 0.478. The number of allylic oxidation sites excluding steroid dienone is 4. The lowest BCUT2D eigenvalue weighted by Gasteiger charge is -2.23. The highest BCUT2D eigenvalue weighted by Gasteiger charge is 2.62. The van der Waals surface area contributed by atoms with E-state index in [1.54, 1.807) is 0 Å². The maximum atomic E-state index is 13.2. The smallest absolute Gasteiger partial charge is 0.238 e. The van der Waals surface area contributed by atoms with Crippen molar-refractivity contribution in [3.05, 3.63) is 47.6 Å². The van der Waals surface area contributed by atoms with Crippen molar-refractivity contribution < 1.29 is 14.3 Å². The standard InChI is InChI=1S/C23H25NO3/c1-2-27-16-10-8-15(9-11-16)24-22(25)20-17-12-13-18(21(20)23(24)26)19(17)14-6-4-3-5-7-14/h8-13,17-18,20-21H,2-7H2,1H3/t17-,18-,20-,21+/m0/s1. The van der Waals surface area contributed by atoms with Crippen LogP contribution in [0.4, 0.5) is 5.69 Å². The maximum absolute atomic E-state index is 13.2. The van der Waals surface area contributed by atoms with Gasteiger partial charge in [0.15, 0.2) is 0 Å². The van der Waals surface area contributed by atoms with Gasteiger partial charge < -0.3 is 4.74 Å². The van der Waals surface area contributed by atoms with Crippen LogP contribution in [-0.2, 0) is 9.59 Å². The third kappa shape index (κ3) is 2.42. The van der Waals surface area contributed by atoms with Gasteiger partial charge in [0.2, 0.25) is 11.8 Å². The van der Waals surface area contributed by atoms with Gasteiger partial charge in [0.1, 0.15) is 5.75 Å². The topological polar surface area (TPSA) is 46.6 Å². The molecule has 3 fully saturated rings. The van der Waals surface area contributed by atoms with Crippen LogP contribution >= 0.6 is 0 Å². The molecule has 1 heterocycles. The van der Waals surface area contributed by atoms with Crippen LogP contribution in [0.15, 0.2) is 47.6 Å². The average molecular weight is 363 g/mol. The molecule has 0 unspecified atom stereocenters. The lowest BCUT2D eigenvalue weighted by atomic mass is 9.85. The van der Waals surface area contributed by atoms with Gasteiger partial charge in [-0.05, 0) is 56.9 Å². The van der Waals surface area contributed by atoms with Crippen LogP contribution in [0.25, 0.3) is 0 Å². The first-order valence-electron chi connectivity index (χ1n) is 10.2. The number of hydrogen-bond acceptors (Lipinski definition) is 3. The second-order valence-corrected chi connectivity index (χ2v) is 8.05. The molecule has 0 aromatic heterocycles. The maximum Gasteiger partial charge on any atom is 0.238 e. The molecule has 2 bridgehead atoms. The minimum absolute atomic E-state index is 0.0279. The molecule has 0 radical (unpaired) electrons. The summed E-state index contributed by atoms with van der Waals surface area (Å²) in [7, 11) is 0. The van der Waals surface area contributed by atoms with E-state index in [9.17, 15) is 9.59 Å². The number of carbonyl (C=O) groups excluding carboxylic acids is 2. The normalized spacial score (nSPS) is 31.8. The Labute approximate surface area is 159 Å². The second-order valence-electron chi connectivity index (χ2n) is 8.05. The molecule has 4 heteroatoms. The molecule has 27 heavy (non-hydrogen) atoms. The number of anilines is 1. The molecule has 140 valence electrons. The van der Waals surface area contributed by atoms with Gasteiger partial charge in [-0.2, -0.15) is 0 Å². The molecule has 1 aromatic carbocycles. The first kappa shape index (κ1) is 16.8. The molecule has 1 aromatic rings. The Morgan fingerprint density at radius 1 is 0.926 bits per heavy atom. The number of benzene rings is 1. The van der Waals surface area contributed by atoms with Gasteiger partial charge in [0.25, 0.3) is 0 Å². The summed E-state index contributed by atoms with van der Waals surface area (Å²) >= 11 is 0. The highest BCUT2D eigenvalue weighted by molar-refractivity contribution is 6.23. The zero-order valence-corrected chi connectivity index (χ0v) is 15.7. The van der Waals surface area contributed by atoms with E-state index in [1.807, 2.05) is 31.2 Å². The Kier molecular flexibility index (Phi) is 3.96. The molecule has 4 aliphatic rings. The minimum Gasteiger partial charge on any atom is -0.494 e. The zero-order valence-electron chi connectivity index (χ0n) is 15.7. The van der Waals surface area contributed by atoms with Gasteiger partial charge in [-0.1, -0.05) is 29.7 Å². The van der Waals surface area contributed by atoms with Crippen molar-refractivity contribution in [2.75, 3.05) is 11.5 Å². The summed E-state index contributed by atoms with van der Waals surface area (Å²) in [6.45, 7) is 2.53. The lowest BCUT2D eigenvalue weighted by molar-refractivity contribution is -0.122. The lowest BCUT2D eigenvalue weighted by Crippen LogP contribution is -2.33. The summed E-state index contributed by atoms with van der Waals surface area (Å²) in [4.78, 5) is 27.9. The Morgan fingerprint density at radius 3 is 2.07 bits per heavy atom. The SMILES string of the molecule is CCOc1ccc(N2C(=O)[C@@H]3[C@H](C2=O)[C@H]2C=C[C@H]3C2=C2CCCCC2)cc1. The molecule has 2 amide bonds. The van der Waals surface area contributed by atoms with E-state index in [0.717, 1.165) is 18.6 Å². The molecule has 3 aliphatic carbocycles. The number of imide groups is 1. The Bertz CT molecular complexity index is 809. The molecule has 4 nitrogen and oxygen atoms in total. The van der Waals surface area contributed by atoms with E-state index < -0.39 is 0 Å². The van der Waals surface area contributed by atoms with Crippen molar-refractivity contribution in [3.8, 4) is 5.75 Å². The molecule has 4 atom stereocenters. The third-order valence-electron chi connectivity index (χ3n) is 6.69. The van der Waals surface area contributed by atoms with Crippen LogP contribution < -0.4 is 9.64 Å². The summed E-state index contributed by atoms with van der Waals surface area (Å²) in [5.41, 5.74) is 3.61. The van der Waals surface area contributed by atoms with Crippen LogP contribution in [0.1, 0.15) is 39.0 Å². The number of nitrogens with zero attached hydrogens (tertiary/aromatic N) is 1. The summed E-state index contributed by atoms with van der Waals surface area (Å²) in [5, 5.41) is 0. The summed E-state index contributed by atoms with van der Waals surface area (Å²) < 4.78 is 5.47. The van der Waals surface area contributed by atoms with Gasteiger partial charge in [-0.3, -0.25) is 9.59 Å². The van der Waals surface area contributed by atoms with E-state index in [0.29, 0.717) is 12.3 Å². The molecular weight excluding hydrogens is 338 g/mol. The first-order valence-corrected chi connectivity index (χ1v) is 10.2. The van der Waals surface area contributed by atoms with Crippen molar-refractivity contribution in [2.45, 2.75) is 39.0 Å². The predicted octanol–water partition coefficient (Wildman–Crippen LogP) is 4.27. The minimum atomic E-state index is -0.205. The molecular formula is C23H25NO3. The summed E-state index contributed by atoms with van der Waals surface area (Å²) in [6.07, 6.45) is 10.5. The number of fused-ring (bicyclic) bond motifs is 5. The van der Waals surface area contributed by atoms with Gasteiger partial charge in [-0.15, -0.1) is 0 Å². The fourth-order valence-corrected chi connectivity index (χ4v) is 5.61. The third-order valence-corrected chi connectivity index (χ3v) is 6.69. The zero-order chi connectivity index (χ0) is 18.5. The predicted molar refractivity (Wildman–Crippen MR) is 103 cm³/mol. The highest BCUT2D eigenvalue weighted by Crippen LogP contribution is 2.58. The highest BCUT2D eigenvalue weighted by atomic mass is 16.5. The van der Waals surface area contributed by atoms with Gasteiger partial charge in [0, 0.05) is 11.8 Å². The molecule has 1 saturated heterocycles. The molecule has 0 N–H and O–H groups in total. The Hall–Kier alpha value is -2.36. The van der Waals surface area contributed by atoms with E-state index in [-0.39, 0.29) is 35.5 Å². The van der Waals surface area contributed by atoms with Gasteiger partial charge >= 0.3 is 0 Å². The summed E-state index contributed by atoms with van der Waals surface area (Å²) in [5.74, 6) is 0.563. The number of amides is 2. The number of rotatable bonds is 3. The average Bonchev–Trinajstić information content (AvgIpc) is 3.33. The van der Waals surface area contributed by atoms with Crippen molar-refractivity contribution in [2.24, 2.45) is 23.7 Å². The fourth-order valence-electron chi connectivity index (χ4n) is 5.61. The first-order chi connectivity index (χ1) is 13.2. The molecule has 2 saturated carbocycles. The molecule has 5 rings (SSSR count). The molecule has 1 aliphatic heterocycles. The number of ether oxygens (including phenoxy) is 1. The number of carbonyl (C=O) groups is 2. The van der Waals surface area contributed by atoms with E-state index in [4.69, 9.17) is 4.74 Å². The summed E-state index contributed by atoms with van der Waals surface area (Å²) in [6, 6.07) is 7.29. The van der Waals surface area contributed by atoms with E-state index in [1.165, 1.54) is 35.3 Å². The monoisotopic (exact) mass is 363 g/mol. The van der Waals surface area contributed by atoms with E-state index in [2.05, 4.69) is 12.2 Å². The van der Waals surface area contributed by atoms with Crippen LogP contribution in [0, 0.1) is 23.7 Å². The van der Waals surface area contributed by atoms with Crippen LogP contribution in [0.5, 0.6) is 5.75 Å². The second kappa shape index (κ2) is 6.36. The van der Waals surface area contributed by atoms with Crippen LogP contribution in [0.2, 0.25) is 0 Å². The van der Waals surface area contributed by atoms with E-state index >= 15 is 0 Å². The van der Waals surface area contributed by atoms with Crippen molar-refractivity contribution in [1.82, 2.24) is 0 Å². The van der Waals surface area contributed by atoms with Crippen molar-refractivity contribution in [3.63, 3.8) is 0 Å². The number of hydrogen-bond donors (Lipinski definition) is 0. The van der Waals surface area contributed by atoms with Crippen LogP contribution in [-0.4, -0.2) is 18.4 Å². The van der Waals surface area contributed by atoms with Gasteiger partial charge in [0.05, 0.1) is 24.1 Å². The van der Waals surface area contributed by atoms with Crippen molar-refractivity contribution in [1.29, 1.82) is 0 Å². The van der Waals surface area contributed by atoms with Crippen LogP contribution in [0.3, 0.4) is 0 Å². The molecule has 0 spiro atoms. The van der Waals surface area contributed by atoms with Gasteiger partial charge in [-0.25, -0.2) is 4.90 Å². The Morgan fingerprint density at radius 2 is 1.52 bits per heavy atom. The Balaban J connectivity index is 1.46. The van der Waals surface area contributed by atoms with Crippen molar-refractivity contribution >= 4 is 17.5 Å².